The molecule has 0 heteroatoms. The Hall–Kier alpha value is -2.60. The fourth-order valence-corrected chi connectivity index (χ4v) is 4.69. The van der Waals surface area contributed by atoms with Crippen LogP contribution in [0.1, 0.15) is 46.1 Å². The first-order valence-corrected chi connectivity index (χ1v) is 9.61. The molecule has 4 aromatic carbocycles. The molecule has 128 valence electrons. The number of benzene rings is 4. The van der Waals surface area contributed by atoms with Crippen LogP contribution >= 0.6 is 0 Å². The molecule has 5 rings (SSSR count). The lowest BCUT2D eigenvalue weighted by Crippen LogP contribution is -1.94. The van der Waals surface area contributed by atoms with Crippen molar-refractivity contribution in [1.82, 2.24) is 0 Å². The summed E-state index contributed by atoms with van der Waals surface area (Å²) in [7, 11) is 0. The molecule has 0 aliphatic heterocycles. The lowest BCUT2D eigenvalue weighted by Gasteiger charge is -2.13. The van der Waals surface area contributed by atoms with Crippen molar-refractivity contribution in [1.29, 1.82) is 0 Å². The summed E-state index contributed by atoms with van der Waals surface area (Å²) in [6.07, 6.45) is 1.27. The maximum absolute atomic E-state index is 2.43. The first kappa shape index (κ1) is 15.6. The Bertz CT molecular complexity index is 1100. The number of hydrogen-bond donors (Lipinski definition) is 0. The molecule has 0 heterocycles. The Balaban J connectivity index is 1.69. The van der Waals surface area contributed by atoms with Crippen LogP contribution in [0.4, 0.5) is 0 Å². The molecule has 1 saturated carbocycles. The van der Waals surface area contributed by atoms with E-state index < -0.39 is 0 Å². The van der Waals surface area contributed by atoms with Gasteiger partial charge < -0.3 is 0 Å². The Labute approximate surface area is 155 Å². The van der Waals surface area contributed by atoms with Crippen molar-refractivity contribution in [3.8, 4) is 0 Å². The molecule has 0 N–H and O–H groups in total. The molecule has 0 radical (unpaired) electrons. The Kier molecular flexibility index (Phi) is 3.43. The van der Waals surface area contributed by atoms with E-state index in [1.807, 2.05) is 0 Å². The molecule has 1 aliphatic rings. The molecule has 2 atom stereocenters. The fraction of sp³-hybridized carbons (Fsp3) is 0.231. The highest BCUT2D eigenvalue weighted by Crippen LogP contribution is 2.58. The van der Waals surface area contributed by atoms with Gasteiger partial charge in [0.15, 0.2) is 0 Å². The van der Waals surface area contributed by atoms with Crippen LogP contribution < -0.4 is 0 Å². The van der Waals surface area contributed by atoms with Crippen molar-refractivity contribution in [2.45, 2.75) is 39.0 Å². The van der Waals surface area contributed by atoms with Gasteiger partial charge in [-0.25, -0.2) is 0 Å². The van der Waals surface area contributed by atoms with Crippen molar-refractivity contribution >= 4 is 21.5 Å². The van der Waals surface area contributed by atoms with Crippen LogP contribution in [0.3, 0.4) is 0 Å². The predicted molar refractivity (Wildman–Crippen MR) is 112 cm³/mol. The normalized spacial score (nSPS) is 19.2. The van der Waals surface area contributed by atoms with E-state index in [4.69, 9.17) is 0 Å². The number of rotatable bonds is 2. The highest BCUT2D eigenvalue weighted by molar-refractivity contribution is 6.03. The van der Waals surface area contributed by atoms with Crippen LogP contribution in [0, 0.1) is 20.8 Å². The van der Waals surface area contributed by atoms with Crippen LogP contribution in [-0.4, -0.2) is 0 Å². The minimum absolute atomic E-state index is 0.631. The van der Waals surface area contributed by atoms with E-state index in [9.17, 15) is 0 Å². The second-order valence-corrected chi connectivity index (χ2v) is 7.97. The highest BCUT2D eigenvalue weighted by Gasteiger charge is 2.42. The maximum Gasteiger partial charge on any atom is -0.00744 e. The van der Waals surface area contributed by atoms with Crippen molar-refractivity contribution in [3.05, 3.63) is 94.5 Å². The van der Waals surface area contributed by atoms with E-state index in [-0.39, 0.29) is 0 Å². The van der Waals surface area contributed by atoms with Gasteiger partial charge in [0.1, 0.15) is 0 Å². The molecular weight excluding hydrogens is 312 g/mol. The minimum atomic E-state index is 0.631. The summed E-state index contributed by atoms with van der Waals surface area (Å²) in [5.41, 5.74) is 7.37. The fourth-order valence-electron chi connectivity index (χ4n) is 4.69. The van der Waals surface area contributed by atoms with Gasteiger partial charge in [0.2, 0.25) is 0 Å². The predicted octanol–water partition coefficient (Wildman–Crippen LogP) is 7.19. The highest BCUT2D eigenvalue weighted by atomic mass is 14.4. The van der Waals surface area contributed by atoms with Crippen molar-refractivity contribution < 1.29 is 0 Å². The zero-order valence-electron chi connectivity index (χ0n) is 15.7. The summed E-state index contributed by atoms with van der Waals surface area (Å²) < 4.78 is 0. The van der Waals surface area contributed by atoms with Gasteiger partial charge in [-0.2, -0.15) is 0 Å². The summed E-state index contributed by atoms with van der Waals surface area (Å²) in [6.45, 7) is 6.73. The second-order valence-electron chi connectivity index (χ2n) is 7.97. The molecule has 1 aliphatic carbocycles. The quantitative estimate of drug-likeness (QED) is 0.340. The third-order valence-corrected chi connectivity index (χ3v) is 6.26. The Morgan fingerprint density at radius 2 is 1.19 bits per heavy atom. The first-order chi connectivity index (χ1) is 12.6. The van der Waals surface area contributed by atoms with Crippen LogP contribution in [0.5, 0.6) is 0 Å². The first-order valence-electron chi connectivity index (χ1n) is 9.61. The summed E-state index contributed by atoms with van der Waals surface area (Å²) in [6, 6.07) is 24.9. The minimum Gasteiger partial charge on any atom is -0.0616 e. The molecule has 0 spiro atoms. The van der Waals surface area contributed by atoms with E-state index in [1.165, 1.54) is 44.7 Å². The van der Waals surface area contributed by atoms with Gasteiger partial charge >= 0.3 is 0 Å². The van der Waals surface area contributed by atoms with Crippen LogP contribution in [0.15, 0.2) is 66.7 Å². The van der Waals surface area contributed by atoms with E-state index in [2.05, 4.69) is 87.5 Å². The van der Waals surface area contributed by atoms with E-state index in [0.29, 0.717) is 11.8 Å². The summed E-state index contributed by atoms with van der Waals surface area (Å²) in [4.78, 5) is 0. The molecule has 0 nitrogen and oxygen atoms in total. The average molecular weight is 336 g/mol. The van der Waals surface area contributed by atoms with Gasteiger partial charge in [-0.1, -0.05) is 60.7 Å². The smallest absolute Gasteiger partial charge is 0.00744 e. The van der Waals surface area contributed by atoms with Crippen molar-refractivity contribution in [3.63, 3.8) is 0 Å². The van der Waals surface area contributed by atoms with Gasteiger partial charge in [-0.3, -0.25) is 0 Å². The molecule has 4 aromatic rings. The van der Waals surface area contributed by atoms with E-state index in [1.54, 1.807) is 11.1 Å². The third kappa shape index (κ3) is 2.36. The molecule has 2 unspecified atom stereocenters. The second kappa shape index (κ2) is 5.71. The van der Waals surface area contributed by atoms with Crippen LogP contribution in [-0.2, 0) is 0 Å². The summed E-state index contributed by atoms with van der Waals surface area (Å²) in [5, 5.41) is 5.59. The molecule has 0 bridgehead atoms. The zero-order chi connectivity index (χ0) is 17.8. The SMILES string of the molecule is Cc1cc(C)c(C2CC2c2c3ccccc3cc3ccccc23)cc1C. The van der Waals surface area contributed by atoms with Crippen molar-refractivity contribution in [2.75, 3.05) is 0 Å². The maximum atomic E-state index is 2.43. The molecule has 0 aromatic heterocycles. The lowest BCUT2D eigenvalue weighted by atomic mass is 9.91. The van der Waals surface area contributed by atoms with E-state index in [0.717, 1.165) is 0 Å². The lowest BCUT2D eigenvalue weighted by molar-refractivity contribution is 1.02. The Morgan fingerprint density at radius 3 is 1.85 bits per heavy atom. The van der Waals surface area contributed by atoms with Gasteiger partial charge in [-0.05, 0) is 94.5 Å². The van der Waals surface area contributed by atoms with E-state index >= 15 is 0 Å². The number of aryl methyl sites for hydroxylation is 3. The standard InChI is InChI=1S/C26H24/c1-16-12-18(3)23(13-17(16)2)24-15-25(24)26-21-10-6-4-8-19(21)14-20-9-5-7-11-22(20)26/h4-14,24-25H,15H2,1-3H3. The summed E-state index contributed by atoms with van der Waals surface area (Å²) in [5.74, 6) is 1.29. The van der Waals surface area contributed by atoms with Crippen LogP contribution in [0.25, 0.3) is 21.5 Å². The van der Waals surface area contributed by atoms with Gasteiger partial charge in [0.05, 0.1) is 0 Å². The number of hydrogen-bond acceptors (Lipinski definition) is 0. The van der Waals surface area contributed by atoms with Crippen LogP contribution in [0.2, 0.25) is 0 Å². The number of fused-ring (bicyclic) bond motifs is 2. The van der Waals surface area contributed by atoms with Gasteiger partial charge in [0, 0.05) is 0 Å². The molecule has 0 saturated heterocycles. The van der Waals surface area contributed by atoms with Crippen molar-refractivity contribution in [2.24, 2.45) is 0 Å². The van der Waals surface area contributed by atoms with Gasteiger partial charge in [0.25, 0.3) is 0 Å². The van der Waals surface area contributed by atoms with Gasteiger partial charge in [-0.15, -0.1) is 0 Å². The largest absolute Gasteiger partial charge is 0.0616 e. The topological polar surface area (TPSA) is 0 Å². The third-order valence-electron chi connectivity index (χ3n) is 6.26. The zero-order valence-corrected chi connectivity index (χ0v) is 15.7. The summed E-state index contributed by atoms with van der Waals surface area (Å²) >= 11 is 0. The monoisotopic (exact) mass is 336 g/mol. The molecule has 1 fully saturated rings. The molecule has 26 heavy (non-hydrogen) atoms. The molecule has 0 amide bonds. The Morgan fingerprint density at radius 1 is 0.615 bits per heavy atom. The average Bonchev–Trinajstić information content (AvgIpc) is 3.42. The molecular formula is C26H24.